The number of aryl methyl sites for hydroxylation is 1. The molecular formula is C15H22N8O2. The van der Waals surface area contributed by atoms with E-state index in [9.17, 15) is 4.79 Å². The summed E-state index contributed by atoms with van der Waals surface area (Å²) >= 11 is 0. The molecule has 4 rings (SSSR count). The summed E-state index contributed by atoms with van der Waals surface area (Å²) in [5.74, 6) is 2.01. The van der Waals surface area contributed by atoms with Gasteiger partial charge in [-0.1, -0.05) is 5.16 Å². The minimum absolute atomic E-state index is 0.0700. The lowest BCUT2D eigenvalue weighted by molar-refractivity contribution is -0.117. The number of nitrogens with one attached hydrogen (secondary N) is 1. The molecule has 2 aliphatic rings. The summed E-state index contributed by atoms with van der Waals surface area (Å²) in [5, 5.41) is 18.6. The number of nitrogens with zero attached hydrogens (tertiary/aromatic N) is 7. The van der Waals surface area contributed by atoms with Crippen LogP contribution in [-0.2, 0) is 11.3 Å². The van der Waals surface area contributed by atoms with Gasteiger partial charge in [0.1, 0.15) is 5.76 Å². The third-order valence-electron chi connectivity index (χ3n) is 4.55. The van der Waals surface area contributed by atoms with Crippen LogP contribution in [0.25, 0.3) is 0 Å². The summed E-state index contributed by atoms with van der Waals surface area (Å²) in [5.41, 5.74) is 0. The molecule has 1 N–H and O–H groups in total. The Morgan fingerprint density at radius 3 is 2.72 bits per heavy atom. The molecule has 3 heterocycles. The Labute approximate surface area is 145 Å². The van der Waals surface area contributed by atoms with Crippen molar-refractivity contribution in [3.8, 4) is 0 Å². The van der Waals surface area contributed by atoms with E-state index in [4.69, 9.17) is 4.52 Å². The van der Waals surface area contributed by atoms with Gasteiger partial charge in [0.25, 0.3) is 0 Å². The molecule has 0 aromatic carbocycles. The van der Waals surface area contributed by atoms with Crippen LogP contribution in [0.2, 0.25) is 0 Å². The van der Waals surface area contributed by atoms with Crippen molar-refractivity contribution in [2.24, 2.45) is 0 Å². The first-order valence-corrected chi connectivity index (χ1v) is 8.62. The van der Waals surface area contributed by atoms with Crippen molar-refractivity contribution in [2.45, 2.75) is 32.4 Å². The maximum Gasteiger partial charge on any atom is 0.239 e. The summed E-state index contributed by atoms with van der Waals surface area (Å²) in [7, 11) is 0. The molecule has 1 saturated heterocycles. The molecule has 0 radical (unpaired) electrons. The lowest BCUT2D eigenvalue weighted by Gasteiger charge is -2.33. The molecule has 10 nitrogen and oxygen atoms in total. The van der Waals surface area contributed by atoms with Crippen LogP contribution in [0.3, 0.4) is 0 Å². The largest absolute Gasteiger partial charge is 0.360 e. The summed E-state index contributed by atoms with van der Waals surface area (Å²) in [6, 6.07) is 2.20. The standard InChI is InChI=1S/C15H22N8O2/c1-11-8-13(18-25-11)16-15(24)10-22-6-4-21(5-7-22)9-14-17-19-20-23(14)12-2-3-12/h8,12H,2-7,9-10H2,1H3,(H,16,18,24). The van der Waals surface area contributed by atoms with E-state index in [1.54, 1.807) is 13.0 Å². The Balaban J connectivity index is 1.22. The van der Waals surface area contributed by atoms with Gasteiger partial charge in [0.2, 0.25) is 5.91 Å². The average molecular weight is 346 g/mol. The maximum absolute atomic E-state index is 12.1. The fraction of sp³-hybridized carbons (Fsp3) is 0.667. The highest BCUT2D eigenvalue weighted by Crippen LogP contribution is 2.34. The molecule has 1 saturated carbocycles. The van der Waals surface area contributed by atoms with Gasteiger partial charge in [-0.15, -0.1) is 5.10 Å². The van der Waals surface area contributed by atoms with Crippen LogP contribution >= 0.6 is 0 Å². The van der Waals surface area contributed by atoms with E-state index in [2.05, 4.69) is 35.8 Å². The van der Waals surface area contributed by atoms with E-state index in [0.29, 0.717) is 24.2 Å². The van der Waals surface area contributed by atoms with E-state index in [0.717, 1.165) is 38.5 Å². The molecule has 134 valence electrons. The lowest BCUT2D eigenvalue weighted by atomic mass is 10.3. The number of tetrazole rings is 1. The summed E-state index contributed by atoms with van der Waals surface area (Å²) < 4.78 is 6.91. The molecule has 2 aromatic rings. The molecular weight excluding hydrogens is 324 g/mol. The van der Waals surface area contributed by atoms with Gasteiger partial charge in [-0.3, -0.25) is 14.6 Å². The number of piperazine rings is 1. The molecule has 0 bridgehead atoms. The first-order chi connectivity index (χ1) is 12.2. The maximum atomic E-state index is 12.1. The van der Waals surface area contributed by atoms with E-state index in [1.165, 1.54) is 12.8 Å². The number of anilines is 1. The lowest BCUT2D eigenvalue weighted by Crippen LogP contribution is -2.48. The molecule has 1 amide bonds. The Morgan fingerprint density at radius 2 is 2.04 bits per heavy atom. The van der Waals surface area contributed by atoms with Gasteiger partial charge < -0.3 is 9.84 Å². The van der Waals surface area contributed by atoms with Crippen LogP contribution in [0, 0.1) is 6.92 Å². The molecule has 0 spiro atoms. The number of hydrogen-bond donors (Lipinski definition) is 1. The van der Waals surface area contributed by atoms with Gasteiger partial charge in [-0.25, -0.2) is 4.68 Å². The van der Waals surface area contributed by atoms with E-state index < -0.39 is 0 Å². The zero-order valence-corrected chi connectivity index (χ0v) is 14.3. The topological polar surface area (TPSA) is 105 Å². The SMILES string of the molecule is Cc1cc(NC(=O)CN2CCN(Cc3nnnn3C3CC3)CC2)no1. The highest BCUT2D eigenvalue weighted by molar-refractivity contribution is 5.91. The smallest absolute Gasteiger partial charge is 0.239 e. The summed E-state index contributed by atoms with van der Waals surface area (Å²) in [6.07, 6.45) is 2.35. The summed E-state index contributed by atoms with van der Waals surface area (Å²) in [6.45, 7) is 6.40. The zero-order chi connectivity index (χ0) is 17.2. The van der Waals surface area contributed by atoms with Crippen LogP contribution in [0.1, 0.15) is 30.5 Å². The van der Waals surface area contributed by atoms with E-state index >= 15 is 0 Å². The third-order valence-corrected chi connectivity index (χ3v) is 4.55. The normalized spacial score (nSPS) is 19.2. The molecule has 1 aliphatic carbocycles. The minimum Gasteiger partial charge on any atom is -0.360 e. The van der Waals surface area contributed by atoms with Crippen molar-refractivity contribution >= 4 is 11.7 Å². The number of rotatable bonds is 6. The number of hydrogen-bond acceptors (Lipinski definition) is 8. The van der Waals surface area contributed by atoms with Crippen LogP contribution in [0.15, 0.2) is 10.6 Å². The Kier molecular flexibility index (Phi) is 4.45. The van der Waals surface area contributed by atoms with E-state index in [1.807, 2.05) is 4.68 Å². The highest BCUT2D eigenvalue weighted by atomic mass is 16.5. The van der Waals surface area contributed by atoms with Gasteiger partial charge in [0.15, 0.2) is 11.6 Å². The molecule has 0 unspecified atom stereocenters. The minimum atomic E-state index is -0.0700. The highest BCUT2D eigenvalue weighted by Gasteiger charge is 2.29. The van der Waals surface area contributed by atoms with Gasteiger partial charge in [-0.05, 0) is 30.2 Å². The van der Waals surface area contributed by atoms with Crippen molar-refractivity contribution in [3.63, 3.8) is 0 Å². The molecule has 0 atom stereocenters. The van der Waals surface area contributed by atoms with Gasteiger partial charge in [0.05, 0.1) is 19.1 Å². The van der Waals surface area contributed by atoms with Gasteiger partial charge >= 0.3 is 0 Å². The zero-order valence-electron chi connectivity index (χ0n) is 14.3. The fourth-order valence-electron chi connectivity index (χ4n) is 3.04. The monoisotopic (exact) mass is 346 g/mol. The second-order valence-electron chi connectivity index (χ2n) is 6.69. The quantitative estimate of drug-likeness (QED) is 0.783. The van der Waals surface area contributed by atoms with Gasteiger partial charge in [0, 0.05) is 32.2 Å². The summed E-state index contributed by atoms with van der Waals surface area (Å²) in [4.78, 5) is 16.6. The number of amides is 1. The number of carbonyl (C=O) groups is 1. The Bertz CT molecular complexity index is 729. The Hall–Kier alpha value is -2.33. The molecule has 1 aliphatic heterocycles. The average Bonchev–Trinajstić information content (AvgIpc) is 3.20. The van der Waals surface area contributed by atoms with Crippen molar-refractivity contribution in [2.75, 3.05) is 38.0 Å². The van der Waals surface area contributed by atoms with Crippen LogP contribution in [0.4, 0.5) is 5.82 Å². The van der Waals surface area contributed by atoms with E-state index in [-0.39, 0.29) is 5.91 Å². The third kappa shape index (κ3) is 4.02. The molecule has 25 heavy (non-hydrogen) atoms. The second kappa shape index (κ2) is 6.89. The van der Waals surface area contributed by atoms with Crippen LogP contribution < -0.4 is 5.32 Å². The first kappa shape index (κ1) is 16.2. The van der Waals surface area contributed by atoms with Crippen LogP contribution in [0.5, 0.6) is 0 Å². The van der Waals surface area contributed by atoms with Crippen molar-refractivity contribution in [1.29, 1.82) is 0 Å². The van der Waals surface area contributed by atoms with Crippen molar-refractivity contribution < 1.29 is 9.32 Å². The molecule has 2 aromatic heterocycles. The van der Waals surface area contributed by atoms with Crippen molar-refractivity contribution in [3.05, 3.63) is 17.7 Å². The number of carbonyl (C=O) groups excluding carboxylic acids is 1. The Morgan fingerprint density at radius 1 is 1.28 bits per heavy atom. The second-order valence-corrected chi connectivity index (χ2v) is 6.69. The predicted octanol–water partition coefficient (Wildman–Crippen LogP) is 0.0607. The molecule has 2 fully saturated rings. The van der Waals surface area contributed by atoms with Gasteiger partial charge in [-0.2, -0.15) is 0 Å². The van der Waals surface area contributed by atoms with Crippen LogP contribution in [-0.4, -0.2) is 73.8 Å². The fourth-order valence-corrected chi connectivity index (χ4v) is 3.04. The molecule has 10 heteroatoms. The first-order valence-electron chi connectivity index (χ1n) is 8.62. The predicted molar refractivity (Wildman–Crippen MR) is 87.7 cm³/mol. The van der Waals surface area contributed by atoms with Crippen molar-refractivity contribution in [1.82, 2.24) is 35.2 Å². The number of aromatic nitrogens is 5.